The molecule has 0 aromatic carbocycles. The number of hydrogen-bond acceptors (Lipinski definition) is 12. The van der Waals surface area contributed by atoms with Crippen molar-refractivity contribution in [1.82, 2.24) is 0 Å². The Morgan fingerprint density at radius 3 is 1.33 bits per heavy atom. The van der Waals surface area contributed by atoms with Crippen LogP contribution >= 0.6 is 7.82 Å². The molecule has 57 heavy (non-hydrogen) atoms. The maximum absolute atomic E-state index is 12.8. The van der Waals surface area contributed by atoms with Crippen LogP contribution in [-0.2, 0) is 32.7 Å². The average Bonchev–Trinajstić information content (AvgIpc) is 3.19. The Balaban J connectivity index is 2.50. The van der Waals surface area contributed by atoms with Crippen LogP contribution in [0.5, 0.6) is 0 Å². The Kier molecular flexibility index (Phi) is 31.9. The van der Waals surface area contributed by atoms with Crippen molar-refractivity contribution in [3.05, 3.63) is 24.3 Å². The Labute approximate surface area is 343 Å². The van der Waals surface area contributed by atoms with Crippen LogP contribution in [-0.4, -0.2) is 98.3 Å². The standard InChI is InChI=1S/C43H79O13P/c1-3-5-7-9-11-13-15-17-19-21-23-25-27-29-31-36(44)53-33-35(34-54-57(51,52)56-43-41(49)39(47)38(46)40(48)42(43)50)55-37(45)32-30-28-26-24-22-20-18-16-14-12-10-8-6-4-2/h15-18,35,38-43,46-50H,3-14,19-34H2,1-2H3,(H,51,52)/b17-15-,18-16-. The van der Waals surface area contributed by atoms with Crippen LogP contribution in [0.25, 0.3) is 0 Å². The predicted octanol–water partition coefficient (Wildman–Crippen LogP) is 8.06. The number of aliphatic hydroxyl groups is 5. The van der Waals surface area contributed by atoms with Gasteiger partial charge in [0.25, 0.3) is 0 Å². The molecule has 0 amide bonds. The van der Waals surface area contributed by atoms with E-state index in [1.54, 1.807) is 0 Å². The van der Waals surface area contributed by atoms with Gasteiger partial charge in [0, 0.05) is 12.8 Å². The molecule has 13 nitrogen and oxygen atoms in total. The normalized spacial score (nSPS) is 22.9. The van der Waals surface area contributed by atoms with Crippen LogP contribution in [0.4, 0.5) is 0 Å². The minimum absolute atomic E-state index is 0.0864. The van der Waals surface area contributed by atoms with Gasteiger partial charge >= 0.3 is 19.8 Å². The monoisotopic (exact) mass is 835 g/mol. The van der Waals surface area contributed by atoms with Crippen LogP contribution < -0.4 is 0 Å². The van der Waals surface area contributed by atoms with Gasteiger partial charge in [-0.3, -0.25) is 18.6 Å². The van der Waals surface area contributed by atoms with Crippen molar-refractivity contribution in [2.75, 3.05) is 13.2 Å². The highest BCUT2D eigenvalue weighted by Gasteiger charge is 2.51. The van der Waals surface area contributed by atoms with Gasteiger partial charge in [-0.15, -0.1) is 0 Å². The van der Waals surface area contributed by atoms with Gasteiger partial charge < -0.3 is 39.9 Å². The van der Waals surface area contributed by atoms with E-state index in [2.05, 4.69) is 38.2 Å². The van der Waals surface area contributed by atoms with Crippen molar-refractivity contribution in [2.45, 2.75) is 224 Å². The molecule has 14 heteroatoms. The molecule has 6 unspecified atom stereocenters. The van der Waals surface area contributed by atoms with E-state index >= 15 is 0 Å². The lowest BCUT2D eigenvalue weighted by Crippen LogP contribution is -2.64. The molecule has 334 valence electrons. The molecule has 0 heterocycles. The van der Waals surface area contributed by atoms with Gasteiger partial charge in [-0.2, -0.15) is 0 Å². The lowest BCUT2D eigenvalue weighted by Gasteiger charge is -2.41. The lowest BCUT2D eigenvalue weighted by molar-refractivity contribution is -0.220. The van der Waals surface area contributed by atoms with Crippen molar-refractivity contribution in [1.29, 1.82) is 0 Å². The molecule has 0 aliphatic heterocycles. The zero-order valence-electron chi connectivity index (χ0n) is 35.1. The first kappa shape index (κ1) is 53.3. The van der Waals surface area contributed by atoms with Gasteiger partial charge in [0.15, 0.2) is 6.10 Å². The molecule has 1 aliphatic carbocycles. The third kappa shape index (κ3) is 26.9. The fraction of sp³-hybridized carbons (Fsp3) is 0.860. The van der Waals surface area contributed by atoms with Gasteiger partial charge in [-0.25, -0.2) is 4.57 Å². The number of aliphatic hydroxyl groups excluding tert-OH is 5. The SMILES string of the molecule is CCCCCCC/C=C\CCCCCCCC(=O)OCC(COP(=O)(O)OC1C(O)C(O)C(O)C(O)C1O)OC(=O)CCCCCCC/C=C\CCCCCCC. The third-order valence-electron chi connectivity index (χ3n) is 10.3. The van der Waals surface area contributed by atoms with Crippen LogP contribution in [0.3, 0.4) is 0 Å². The minimum Gasteiger partial charge on any atom is -0.462 e. The van der Waals surface area contributed by atoms with Gasteiger partial charge in [0.1, 0.15) is 43.2 Å². The number of phosphoric ester groups is 1. The molecule has 6 atom stereocenters. The van der Waals surface area contributed by atoms with Crippen molar-refractivity contribution in [3.63, 3.8) is 0 Å². The van der Waals surface area contributed by atoms with Crippen molar-refractivity contribution < 1.29 is 63.1 Å². The molecule has 0 aromatic heterocycles. The quantitative estimate of drug-likeness (QED) is 0.0153. The van der Waals surface area contributed by atoms with Crippen molar-refractivity contribution >= 4 is 19.8 Å². The molecule has 0 saturated heterocycles. The molecule has 0 bridgehead atoms. The third-order valence-corrected chi connectivity index (χ3v) is 11.3. The van der Waals surface area contributed by atoms with Crippen molar-refractivity contribution in [3.8, 4) is 0 Å². The highest BCUT2D eigenvalue weighted by Crippen LogP contribution is 2.47. The number of rotatable bonds is 36. The second kappa shape index (κ2) is 34.1. The number of ether oxygens (including phenoxy) is 2. The summed E-state index contributed by atoms with van der Waals surface area (Å²) >= 11 is 0. The summed E-state index contributed by atoms with van der Waals surface area (Å²) in [4.78, 5) is 35.6. The first-order chi connectivity index (χ1) is 27.4. The average molecular weight is 835 g/mol. The number of phosphoric acid groups is 1. The molecule has 0 spiro atoms. The molecular weight excluding hydrogens is 755 g/mol. The minimum atomic E-state index is -5.12. The lowest BCUT2D eigenvalue weighted by atomic mass is 9.85. The summed E-state index contributed by atoms with van der Waals surface area (Å²) in [6, 6.07) is 0. The number of carbonyl (C=O) groups is 2. The predicted molar refractivity (Wildman–Crippen MR) is 221 cm³/mol. The Bertz CT molecular complexity index is 1100. The van der Waals surface area contributed by atoms with E-state index < -0.39 is 75.7 Å². The zero-order valence-corrected chi connectivity index (χ0v) is 36.0. The van der Waals surface area contributed by atoms with Crippen LogP contribution in [0, 0.1) is 0 Å². The molecule has 1 aliphatic rings. The highest BCUT2D eigenvalue weighted by molar-refractivity contribution is 7.47. The number of carbonyl (C=O) groups excluding carboxylic acids is 2. The van der Waals surface area contributed by atoms with Gasteiger partial charge in [-0.05, 0) is 64.2 Å². The number of hydrogen-bond donors (Lipinski definition) is 6. The maximum atomic E-state index is 12.8. The van der Waals surface area contributed by atoms with Crippen molar-refractivity contribution in [2.24, 2.45) is 0 Å². The summed E-state index contributed by atoms with van der Waals surface area (Å²) in [6.07, 6.45) is 22.4. The summed E-state index contributed by atoms with van der Waals surface area (Å²) < 4.78 is 33.4. The molecule has 0 radical (unpaired) electrons. The summed E-state index contributed by atoms with van der Waals surface area (Å²) in [5, 5.41) is 50.1. The smallest absolute Gasteiger partial charge is 0.462 e. The summed E-state index contributed by atoms with van der Waals surface area (Å²) in [5.74, 6) is -1.12. The molecular formula is C43H79O13P. The number of unbranched alkanes of at least 4 members (excludes halogenated alkanes) is 20. The number of allylic oxidation sites excluding steroid dienone is 4. The van der Waals surface area contributed by atoms with E-state index in [9.17, 15) is 44.6 Å². The van der Waals surface area contributed by atoms with E-state index in [4.69, 9.17) is 18.5 Å². The Hall–Kier alpha value is -1.67. The first-order valence-electron chi connectivity index (χ1n) is 22.1. The zero-order chi connectivity index (χ0) is 42.2. The van der Waals surface area contributed by atoms with Gasteiger partial charge in [-0.1, -0.05) is 128 Å². The molecule has 1 fully saturated rings. The molecule has 1 saturated carbocycles. The highest BCUT2D eigenvalue weighted by atomic mass is 31.2. The maximum Gasteiger partial charge on any atom is 0.472 e. The summed E-state index contributed by atoms with van der Waals surface area (Å²) in [6.45, 7) is 3.26. The fourth-order valence-electron chi connectivity index (χ4n) is 6.63. The van der Waals surface area contributed by atoms with E-state index in [1.807, 2.05) is 0 Å². The van der Waals surface area contributed by atoms with E-state index in [-0.39, 0.29) is 12.8 Å². The Morgan fingerprint density at radius 1 is 0.526 bits per heavy atom. The largest absolute Gasteiger partial charge is 0.472 e. The van der Waals surface area contributed by atoms with Crippen LogP contribution in [0.15, 0.2) is 24.3 Å². The summed E-state index contributed by atoms with van der Waals surface area (Å²) in [7, 11) is -5.12. The topological polar surface area (TPSA) is 210 Å². The van der Waals surface area contributed by atoms with Crippen LogP contribution in [0.1, 0.15) is 181 Å². The van der Waals surface area contributed by atoms with Crippen LogP contribution in [0.2, 0.25) is 0 Å². The van der Waals surface area contributed by atoms with Gasteiger partial charge in [0.05, 0.1) is 6.61 Å². The first-order valence-corrected chi connectivity index (χ1v) is 23.6. The number of esters is 2. The van der Waals surface area contributed by atoms with E-state index in [0.29, 0.717) is 12.8 Å². The van der Waals surface area contributed by atoms with E-state index in [0.717, 1.165) is 77.0 Å². The Morgan fingerprint density at radius 2 is 0.895 bits per heavy atom. The fourth-order valence-corrected chi connectivity index (χ4v) is 7.60. The molecule has 6 N–H and O–H groups in total. The summed E-state index contributed by atoms with van der Waals surface area (Å²) in [5.41, 5.74) is 0. The second-order valence-corrected chi connectivity index (χ2v) is 16.9. The molecule has 1 rings (SSSR count). The molecule has 0 aromatic rings. The van der Waals surface area contributed by atoms with Gasteiger partial charge in [0.2, 0.25) is 0 Å². The second-order valence-electron chi connectivity index (χ2n) is 15.5. The van der Waals surface area contributed by atoms with E-state index in [1.165, 1.54) is 64.2 Å².